The summed E-state index contributed by atoms with van der Waals surface area (Å²) in [4.78, 5) is 29.0. The van der Waals surface area contributed by atoms with E-state index >= 15 is 0 Å². The first kappa shape index (κ1) is 28.9. The van der Waals surface area contributed by atoms with E-state index in [1.807, 2.05) is 68.4 Å². The molecule has 0 spiro atoms. The lowest BCUT2D eigenvalue weighted by atomic mass is 10.0. The number of rotatable bonds is 13. The second-order valence-electron chi connectivity index (χ2n) is 9.47. The topological polar surface area (TPSA) is 86.8 Å². The van der Waals surface area contributed by atoms with E-state index in [0.717, 1.165) is 40.1 Å². The van der Waals surface area contributed by atoms with Crippen molar-refractivity contribution in [2.24, 2.45) is 0 Å². The Morgan fingerprint density at radius 2 is 1.53 bits per heavy atom. The molecule has 0 saturated carbocycles. The van der Waals surface area contributed by atoms with Crippen LogP contribution in [0.25, 0.3) is 0 Å². The van der Waals surface area contributed by atoms with Crippen LogP contribution in [0.2, 0.25) is 0 Å². The van der Waals surface area contributed by atoms with Gasteiger partial charge in [-0.25, -0.2) is 8.42 Å². The third-order valence-corrected chi connectivity index (χ3v) is 7.40. The molecule has 1 N–H and O–H groups in total. The van der Waals surface area contributed by atoms with Gasteiger partial charge >= 0.3 is 0 Å². The van der Waals surface area contributed by atoms with Crippen molar-refractivity contribution in [1.82, 2.24) is 10.2 Å². The smallest absolute Gasteiger partial charge is 0.244 e. The summed E-state index contributed by atoms with van der Waals surface area (Å²) in [6.07, 6.45) is 3.14. The Morgan fingerprint density at radius 3 is 2.13 bits per heavy atom. The summed E-state index contributed by atoms with van der Waals surface area (Å²) in [5.41, 5.74) is 3.20. The van der Waals surface area contributed by atoms with Gasteiger partial charge in [-0.2, -0.15) is 0 Å². The van der Waals surface area contributed by atoms with E-state index in [9.17, 15) is 18.0 Å². The molecule has 1 atom stereocenters. The molecule has 0 saturated heterocycles. The largest absolute Gasteiger partial charge is 0.354 e. The van der Waals surface area contributed by atoms with Crippen LogP contribution in [0.1, 0.15) is 36.5 Å². The van der Waals surface area contributed by atoms with E-state index in [1.165, 1.54) is 4.90 Å². The average molecular weight is 536 g/mol. The van der Waals surface area contributed by atoms with Gasteiger partial charge in [-0.15, -0.1) is 0 Å². The summed E-state index contributed by atoms with van der Waals surface area (Å²) < 4.78 is 26.6. The summed E-state index contributed by atoms with van der Waals surface area (Å²) >= 11 is 0. The molecule has 7 nitrogen and oxygen atoms in total. The number of para-hydroxylation sites is 1. The number of carbonyl (C=O) groups excluding carboxylic acids is 2. The number of benzene rings is 3. The zero-order valence-corrected chi connectivity index (χ0v) is 23.2. The Morgan fingerprint density at radius 1 is 0.895 bits per heavy atom. The van der Waals surface area contributed by atoms with Crippen molar-refractivity contribution in [3.05, 3.63) is 102 Å². The number of amides is 2. The maximum Gasteiger partial charge on any atom is 0.244 e. The van der Waals surface area contributed by atoms with E-state index in [0.29, 0.717) is 18.7 Å². The molecule has 0 aromatic heterocycles. The van der Waals surface area contributed by atoms with Gasteiger partial charge in [0.05, 0.1) is 11.9 Å². The molecular weight excluding hydrogens is 498 g/mol. The molecule has 0 bridgehead atoms. The van der Waals surface area contributed by atoms with Gasteiger partial charge in [0, 0.05) is 19.5 Å². The number of unbranched alkanes of at least 4 members (excludes halogenated alkanes) is 1. The van der Waals surface area contributed by atoms with E-state index < -0.39 is 28.5 Å². The minimum absolute atomic E-state index is 0.172. The molecule has 38 heavy (non-hydrogen) atoms. The second-order valence-corrected chi connectivity index (χ2v) is 11.4. The van der Waals surface area contributed by atoms with Gasteiger partial charge in [-0.3, -0.25) is 13.9 Å². The van der Waals surface area contributed by atoms with Crippen molar-refractivity contribution in [3.63, 3.8) is 0 Å². The maximum absolute atomic E-state index is 14.0. The van der Waals surface area contributed by atoms with Gasteiger partial charge in [-0.05, 0) is 36.6 Å². The number of nitrogens with zero attached hydrogens (tertiary/aromatic N) is 2. The Kier molecular flexibility index (Phi) is 10.5. The van der Waals surface area contributed by atoms with Gasteiger partial charge in [0.2, 0.25) is 21.8 Å². The molecule has 0 heterocycles. The first-order chi connectivity index (χ1) is 18.2. The summed E-state index contributed by atoms with van der Waals surface area (Å²) in [6, 6.07) is 25.0. The van der Waals surface area contributed by atoms with Crippen LogP contribution in [0.15, 0.2) is 84.9 Å². The zero-order chi connectivity index (χ0) is 27.5. The molecule has 0 aliphatic rings. The molecule has 1 unspecified atom stereocenters. The van der Waals surface area contributed by atoms with Crippen LogP contribution < -0.4 is 9.62 Å². The predicted octanol–water partition coefficient (Wildman–Crippen LogP) is 4.32. The highest BCUT2D eigenvalue weighted by Crippen LogP contribution is 2.20. The van der Waals surface area contributed by atoms with E-state index in [-0.39, 0.29) is 12.5 Å². The van der Waals surface area contributed by atoms with Crippen LogP contribution in [0.4, 0.5) is 5.69 Å². The fourth-order valence-electron chi connectivity index (χ4n) is 4.28. The number of anilines is 1. The van der Waals surface area contributed by atoms with Crippen LogP contribution in [0.3, 0.4) is 0 Å². The van der Waals surface area contributed by atoms with Crippen molar-refractivity contribution in [2.45, 2.75) is 45.7 Å². The summed E-state index contributed by atoms with van der Waals surface area (Å²) in [5.74, 6) is -0.707. The van der Waals surface area contributed by atoms with Crippen molar-refractivity contribution in [1.29, 1.82) is 0 Å². The normalized spacial score (nSPS) is 12.0. The number of carbonyl (C=O) groups is 2. The minimum Gasteiger partial charge on any atom is -0.354 e. The van der Waals surface area contributed by atoms with Crippen LogP contribution >= 0.6 is 0 Å². The van der Waals surface area contributed by atoms with Crippen molar-refractivity contribution < 1.29 is 18.0 Å². The molecular formula is C30H37N3O4S. The number of nitrogens with one attached hydrogen (secondary N) is 1. The van der Waals surface area contributed by atoms with Crippen LogP contribution in [-0.4, -0.2) is 50.5 Å². The third kappa shape index (κ3) is 8.45. The lowest BCUT2D eigenvalue weighted by molar-refractivity contribution is -0.140. The number of sulfonamides is 1. The highest BCUT2D eigenvalue weighted by atomic mass is 32.2. The minimum atomic E-state index is -3.76. The van der Waals surface area contributed by atoms with E-state index in [2.05, 4.69) is 5.32 Å². The maximum atomic E-state index is 14.0. The molecule has 3 aromatic rings. The summed E-state index contributed by atoms with van der Waals surface area (Å²) in [7, 11) is -3.76. The van der Waals surface area contributed by atoms with Crippen LogP contribution in [0.5, 0.6) is 0 Å². The number of hydrogen-bond donors (Lipinski definition) is 1. The van der Waals surface area contributed by atoms with Crippen molar-refractivity contribution in [3.8, 4) is 0 Å². The molecule has 202 valence electrons. The standard InChI is InChI=1S/C30H37N3O4S/c1-4-5-19-31-30(35)28(21-25-14-8-6-9-15-25)32(22-26-16-12-13-24(2)20-26)29(34)23-33(38(3,36)37)27-17-10-7-11-18-27/h6-18,20,28H,4-5,19,21-23H2,1-3H3,(H,31,35). The monoisotopic (exact) mass is 535 g/mol. The fraction of sp³-hybridized carbons (Fsp3) is 0.333. The van der Waals surface area contributed by atoms with Crippen molar-refractivity contribution >= 4 is 27.5 Å². The van der Waals surface area contributed by atoms with Gasteiger partial charge < -0.3 is 10.2 Å². The third-order valence-electron chi connectivity index (χ3n) is 6.26. The predicted molar refractivity (Wildman–Crippen MR) is 152 cm³/mol. The second kappa shape index (κ2) is 13.8. The Bertz CT molecular complexity index is 1300. The molecule has 3 rings (SSSR count). The highest BCUT2D eigenvalue weighted by Gasteiger charge is 2.32. The summed E-state index contributed by atoms with van der Waals surface area (Å²) in [5, 5.41) is 2.99. The highest BCUT2D eigenvalue weighted by molar-refractivity contribution is 7.92. The molecule has 8 heteroatoms. The number of aryl methyl sites for hydroxylation is 1. The average Bonchev–Trinajstić information content (AvgIpc) is 2.89. The Balaban J connectivity index is 2.01. The van der Waals surface area contributed by atoms with Gasteiger partial charge in [-0.1, -0.05) is 91.7 Å². The number of hydrogen-bond acceptors (Lipinski definition) is 4. The van der Waals surface area contributed by atoms with Crippen LogP contribution in [0, 0.1) is 6.92 Å². The first-order valence-electron chi connectivity index (χ1n) is 12.9. The SMILES string of the molecule is CCCCNC(=O)C(Cc1ccccc1)N(Cc1cccc(C)c1)C(=O)CN(c1ccccc1)S(C)(=O)=O. The van der Waals surface area contributed by atoms with Crippen molar-refractivity contribution in [2.75, 3.05) is 23.7 Å². The first-order valence-corrected chi connectivity index (χ1v) is 14.7. The molecule has 0 aliphatic carbocycles. The quantitative estimate of drug-likeness (QED) is 0.330. The zero-order valence-electron chi connectivity index (χ0n) is 22.3. The molecule has 0 radical (unpaired) electrons. The van der Waals surface area contributed by atoms with E-state index in [4.69, 9.17) is 0 Å². The Hall–Kier alpha value is -3.65. The molecule has 0 aliphatic heterocycles. The molecule has 3 aromatic carbocycles. The lowest BCUT2D eigenvalue weighted by Gasteiger charge is -2.33. The summed E-state index contributed by atoms with van der Waals surface area (Å²) in [6.45, 7) is 4.28. The van der Waals surface area contributed by atoms with Gasteiger partial charge in [0.15, 0.2) is 0 Å². The Labute approximate surface area is 226 Å². The van der Waals surface area contributed by atoms with Gasteiger partial charge in [0.1, 0.15) is 12.6 Å². The van der Waals surface area contributed by atoms with E-state index in [1.54, 1.807) is 30.3 Å². The molecule has 0 fully saturated rings. The van der Waals surface area contributed by atoms with Gasteiger partial charge in [0.25, 0.3) is 0 Å². The molecule has 2 amide bonds. The van der Waals surface area contributed by atoms with Crippen LogP contribution in [-0.2, 0) is 32.6 Å². The lowest BCUT2D eigenvalue weighted by Crippen LogP contribution is -2.53. The fourth-order valence-corrected chi connectivity index (χ4v) is 5.12.